The largest absolute Gasteiger partial charge is 0.387 e. The number of aliphatic hydroxyl groups is 1. The minimum atomic E-state index is -0.427. The lowest BCUT2D eigenvalue weighted by Gasteiger charge is -2.09. The van der Waals surface area contributed by atoms with Crippen molar-refractivity contribution in [2.24, 2.45) is 0 Å². The second kappa shape index (κ2) is 5.88. The van der Waals surface area contributed by atoms with Crippen LogP contribution in [0.15, 0.2) is 12.1 Å². The summed E-state index contributed by atoms with van der Waals surface area (Å²) < 4.78 is 2.00. The number of rotatable bonds is 5. The average Bonchev–Trinajstić information content (AvgIpc) is 2.93. The van der Waals surface area contributed by atoms with Crippen molar-refractivity contribution in [1.29, 1.82) is 0 Å². The molecule has 0 fully saturated rings. The van der Waals surface area contributed by atoms with E-state index in [1.807, 2.05) is 4.68 Å². The molecule has 2 aromatic rings. The Kier molecular flexibility index (Phi) is 4.42. The molecule has 3 nitrogen and oxygen atoms in total. The summed E-state index contributed by atoms with van der Waals surface area (Å²) in [6, 6.07) is 4.21. The molecule has 2 heterocycles. The Hall–Kier alpha value is -1.13. The summed E-state index contributed by atoms with van der Waals surface area (Å²) in [7, 11) is 0. The van der Waals surface area contributed by atoms with Crippen molar-refractivity contribution in [2.45, 2.75) is 53.2 Å². The van der Waals surface area contributed by atoms with Crippen LogP contribution < -0.4 is 0 Å². The van der Waals surface area contributed by atoms with Crippen LogP contribution in [0.5, 0.6) is 0 Å². The summed E-state index contributed by atoms with van der Waals surface area (Å²) in [6.07, 6.45) is 1.15. The Morgan fingerprint density at radius 2 is 2.05 bits per heavy atom. The third-order valence-electron chi connectivity index (χ3n) is 3.49. The Morgan fingerprint density at radius 3 is 2.58 bits per heavy atom. The van der Waals surface area contributed by atoms with Crippen molar-refractivity contribution in [3.63, 3.8) is 0 Å². The molecule has 4 heteroatoms. The number of hydrogen-bond acceptors (Lipinski definition) is 3. The van der Waals surface area contributed by atoms with Crippen LogP contribution in [0.25, 0.3) is 0 Å². The molecule has 0 aliphatic rings. The fourth-order valence-corrected chi connectivity index (χ4v) is 3.22. The molecule has 1 N–H and O–H groups in total. The van der Waals surface area contributed by atoms with Gasteiger partial charge in [0.05, 0.1) is 11.8 Å². The summed E-state index contributed by atoms with van der Waals surface area (Å²) in [5, 5.41) is 14.9. The molecular weight excluding hydrogens is 256 g/mol. The van der Waals surface area contributed by atoms with Crippen LogP contribution in [0.4, 0.5) is 0 Å². The summed E-state index contributed by atoms with van der Waals surface area (Å²) in [4.78, 5) is 2.34. The number of hydrogen-bond donors (Lipinski definition) is 1. The second-order valence-electron chi connectivity index (χ2n) is 4.90. The Labute approximate surface area is 118 Å². The highest BCUT2D eigenvalue weighted by molar-refractivity contribution is 7.12. The SMILES string of the molecule is CCc1cc(CC(O)c2cc(C)c(C)s2)n(CC)n1. The molecule has 104 valence electrons. The summed E-state index contributed by atoms with van der Waals surface area (Å²) in [6.45, 7) is 9.23. The number of aryl methyl sites for hydroxylation is 4. The zero-order valence-corrected chi connectivity index (χ0v) is 12.9. The van der Waals surface area contributed by atoms with Crippen LogP contribution in [0.2, 0.25) is 0 Å². The molecule has 2 aromatic heterocycles. The van der Waals surface area contributed by atoms with E-state index in [1.54, 1.807) is 11.3 Å². The maximum absolute atomic E-state index is 10.4. The molecule has 0 aliphatic carbocycles. The highest BCUT2D eigenvalue weighted by Gasteiger charge is 2.15. The van der Waals surface area contributed by atoms with Gasteiger partial charge in [-0.1, -0.05) is 6.92 Å². The van der Waals surface area contributed by atoms with Gasteiger partial charge in [-0.15, -0.1) is 11.3 Å². The van der Waals surface area contributed by atoms with Gasteiger partial charge in [-0.25, -0.2) is 0 Å². The van der Waals surface area contributed by atoms with Crippen LogP contribution in [-0.4, -0.2) is 14.9 Å². The first kappa shape index (κ1) is 14.3. The van der Waals surface area contributed by atoms with E-state index >= 15 is 0 Å². The standard InChI is InChI=1S/C15H22N2OS/c1-5-12-8-13(17(6-2)16-12)9-14(18)15-7-10(3)11(4)19-15/h7-8,14,18H,5-6,9H2,1-4H3. The molecule has 1 atom stereocenters. The maximum Gasteiger partial charge on any atom is 0.0937 e. The molecule has 0 amide bonds. The minimum absolute atomic E-state index is 0.427. The van der Waals surface area contributed by atoms with Gasteiger partial charge in [-0.05, 0) is 44.9 Å². The second-order valence-corrected chi connectivity index (χ2v) is 6.19. The van der Waals surface area contributed by atoms with E-state index in [4.69, 9.17) is 0 Å². The van der Waals surface area contributed by atoms with Crippen LogP contribution in [-0.2, 0) is 19.4 Å². The fourth-order valence-electron chi connectivity index (χ4n) is 2.19. The van der Waals surface area contributed by atoms with Crippen molar-refractivity contribution in [1.82, 2.24) is 9.78 Å². The quantitative estimate of drug-likeness (QED) is 0.910. The van der Waals surface area contributed by atoms with Gasteiger partial charge in [0.2, 0.25) is 0 Å². The molecule has 0 aromatic carbocycles. The number of aliphatic hydroxyl groups excluding tert-OH is 1. The predicted octanol–water partition coefficient (Wildman–Crippen LogP) is 3.42. The van der Waals surface area contributed by atoms with Crippen molar-refractivity contribution >= 4 is 11.3 Å². The van der Waals surface area contributed by atoms with E-state index in [2.05, 4.69) is 44.9 Å². The molecule has 0 bridgehead atoms. The molecule has 2 rings (SSSR count). The molecule has 0 saturated heterocycles. The Morgan fingerprint density at radius 1 is 1.32 bits per heavy atom. The van der Waals surface area contributed by atoms with Gasteiger partial charge in [0.1, 0.15) is 0 Å². The van der Waals surface area contributed by atoms with Crippen LogP contribution >= 0.6 is 11.3 Å². The van der Waals surface area contributed by atoms with Crippen molar-refractivity contribution in [3.05, 3.63) is 38.8 Å². The molecule has 1 unspecified atom stereocenters. The zero-order valence-electron chi connectivity index (χ0n) is 12.1. The van der Waals surface area contributed by atoms with Crippen molar-refractivity contribution in [2.75, 3.05) is 0 Å². The maximum atomic E-state index is 10.4. The monoisotopic (exact) mass is 278 g/mol. The van der Waals surface area contributed by atoms with Gasteiger partial charge in [-0.2, -0.15) is 5.10 Å². The minimum Gasteiger partial charge on any atom is -0.387 e. The van der Waals surface area contributed by atoms with E-state index in [1.165, 1.54) is 10.4 Å². The lowest BCUT2D eigenvalue weighted by atomic mass is 10.1. The van der Waals surface area contributed by atoms with Crippen LogP contribution in [0.3, 0.4) is 0 Å². The van der Waals surface area contributed by atoms with Gasteiger partial charge in [-0.3, -0.25) is 4.68 Å². The van der Waals surface area contributed by atoms with Crippen molar-refractivity contribution < 1.29 is 5.11 Å². The third-order valence-corrected chi connectivity index (χ3v) is 4.75. The van der Waals surface area contributed by atoms with E-state index in [0.717, 1.165) is 29.2 Å². The molecular formula is C15H22N2OS. The average molecular weight is 278 g/mol. The molecule has 0 spiro atoms. The predicted molar refractivity (Wildman–Crippen MR) is 79.7 cm³/mol. The molecule has 0 radical (unpaired) electrons. The lowest BCUT2D eigenvalue weighted by molar-refractivity contribution is 0.179. The molecule has 0 aliphatic heterocycles. The Balaban J connectivity index is 2.18. The normalized spacial score (nSPS) is 12.9. The first-order valence-corrected chi connectivity index (χ1v) is 7.67. The number of thiophene rings is 1. The lowest BCUT2D eigenvalue weighted by Crippen LogP contribution is -2.07. The summed E-state index contributed by atoms with van der Waals surface area (Å²) >= 11 is 1.69. The fraction of sp³-hybridized carbons (Fsp3) is 0.533. The van der Waals surface area contributed by atoms with E-state index in [0.29, 0.717) is 6.42 Å². The Bertz CT molecular complexity index is 537. The number of nitrogens with zero attached hydrogens (tertiary/aromatic N) is 2. The van der Waals surface area contributed by atoms with Crippen molar-refractivity contribution in [3.8, 4) is 0 Å². The van der Waals surface area contributed by atoms with Crippen LogP contribution in [0.1, 0.15) is 46.7 Å². The van der Waals surface area contributed by atoms with Crippen LogP contribution in [0, 0.1) is 13.8 Å². The zero-order chi connectivity index (χ0) is 14.0. The smallest absolute Gasteiger partial charge is 0.0937 e. The van der Waals surface area contributed by atoms with Gasteiger partial charge in [0.25, 0.3) is 0 Å². The first-order valence-electron chi connectivity index (χ1n) is 6.85. The number of aromatic nitrogens is 2. The van der Waals surface area contributed by atoms with E-state index in [-0.39, 0.29) is 0 Å². The van der Waals surface area contributed by atoms with Gasteiger partial charge in [0, 0.05) is 28.4 Å². The van der Waals surface area contributed by atoms with Gasteiger partial charge >= 0.3 is 0 Å². The summed E-state index contributed by atoms with van der Waals surface area (Å²) in [5.41, 5.74) is 3.48. The summed E-state index contributed by atoms with van der Waals surface area (Å²) in [5.74, 6) is 0. The van der Waals surface area contributed by atoms with Gasteiger partial charge in [0.15, 0.2) is 0 Å². The van der Waals surface area contributed by atoms with Gasteiger partial charge < -0.3 is 5.11 Å². The molecule has 19 heavy (non-hydrogen) atoms. The van der Waals surface area contributed by atoms with E-state index < -0.39 is 6.10 Å². The first-order chi connectivity index (χ1) is 9.05. The highest BCUT2D eigenvalue weighted by Crippen LogP contribution is 2.28. The van der Waals surface area contributed by atoms with E-state index in [9.17, 15) is 5.11 Å². The highest BCUT2D eigenvalue weighted by atomic mass is 32.1. The molecule has 0 saturated carbocycles. The topological polar surface area (TPSA) is 38.0 Å². The third kappa shape index (κ3) is 3.07.